The van der Waals surface area contributed by atoms with Crippen LogP contribution in [0, 0.1) is 0 Å². The molecule has 0 saturated carbocycles. The number of nitrogens with one attached hydrogen (secondary N) is 2. The van der Waals surface area contributed by atoms with Crippen molar-refractivity contribution in [1.29, 1.82) is 0 Å². The SMILES string of the molecule is CCC(=O)NCCNC(=O)c1ccc2c(c1)C(=O)N(C(C)(C)C)C2=O. The smallest absolute Gasteiger partial charge is 0.262 e. The number of amides is 4. The van der Waals surface area contributed by atoms with Gasteiger partial charge in [-0.3, -0.25) is 24.1 Å². The molecule has 1 aliphatic heterocycles. The van der Waals surface area contributed by atoms with Gasteiger partial charge in [0.05, 0.1) is 11.1 Å². The summed E-state index contributed by atoms with van der Waals surface area (Å²) in [6.45, 7) is 7.71. The van der Waals surface area contributed by atoms with Gasteiger partial charge >= 0.3 is 0 Å². The number of hydrogen-bond donors (Lipinski definition) is 2. The molecule has 2 rings (SSSR count). The van der Waals surface area contributed by atoms with Crippen molar-refractivity contribution in [3.63, 3.8) is 0 Å². The third-order valence-electron chi connectivity index (χ3n) is 3.87. The van der Waals surface area contributed by atoms with Crippen molar-refractivity contribution < 1.29 is 19.2 Å². The minimum Gasteiger partial charge on any atom is -0.354 e. The Morgan fingerprint density at radius 2 is 1.60 bits per heavy atom. The van der Waals surface area contributed by atoms with E-state index in [1.54, 1.807) is 27.7 Å². The first-order valence-electron chi connectivity index (χ1n) is 8.24. The Labute approximate surface area is 146 Å². The Balaban J connectivity index is 2.09. The maximum atomic E-state index is 12.5. The van der Waals surface area contributed by atoms with Gasteiger partial charge in [0.15, 0.2) is 0 Å². The highest BCUT2D eigenvalue weighted by Gasteiger charge is 2.42. The Hall–Kier alpha value is -2.70. The highest BCUT2D eigenvalue weighted by atomic mass is 16.2. The van der Waals surface area contributed by atoms with E-state index in [1.807, 2.05) is 0 Å². The molecule has 0 spiro atoms. The topological polar surface area (TPSA) is 95.6 Å². The standard InChI is InChI=1S/C18H23N3O4/c1-5-14(22)19-8-9-20-15(23)11-6-7-12-13(10-11)17(25)21(16(12)24)18(2,3)4/h6-7,10H,5,8-9H2,1-4H3,(H,19,22)(H,20,23). The summed E-state index contributed by atoms with van der Waals surface area (Å²) in [5.41, 5.74) is 0.226. The lowest BCUT2D eigenvalue weighted by Crippen LogP contribution is -2.45. The number of carbonyl (C=O) groups excluding carboxylic acids is 4. The Morgan fingerprint density at radius 1 is 1.00 bits per heavy atom. The second-order valence-electron chi connectivity index (χ2n) is 6.84. The van der Waals surface area contributed by atoms with Crippen LogP contribution in [0.15, 0.2) is 18.2 Å². The van der Waals surface area contributed by atoms with Crippen LogP contribution in [-0.2, 0) is 4.79 Å². The van der Waals surface area contributed by atoms with Crippen LogP contribution in [0.1, 0.15) is 65.2 Å². The van der Waals surface area contributed by atoms with E-state index >= 15 is 0 Å². The first kappa shape index (κ1) is 18.6. The lowest BCUT2D eigenvalue weighted by molar-refractivity contribution is -0.120. The molecule has 0 saturated heterocycles. The molecule has 0 aromatic heterocycles. The number of rotatable bonds is 5. The second kappa shape index (κ2) is 7.04. The van der Waals surface area contributed by atoms with Crippen molar-refractivity contribution in [3.8, 4) is 0 Å². The summed E-state index contributed by atoms with van der Waals surface area (Å²) < 4.78 is 0. The molecule has 0 fully saturated rings. The van der Waals surface area contributed by atoms with Crippen LogP contribution < -0.4 is 10.6 Å². The van der Waals surface area contributed by atoms with Crippen LogP contribution in [0.3, 0.4) is 0 Å². The molecular weight excluding hydrogens is 322 g/mol. The van der Waals surface area contributed by atoms with Gasteiger partial charge in [0.25, 0.3) is 17.7 Å². The van der Waals surface area contributed by atoms with Gasteiger partial charge in [0.1, 0.15) is 0 Å². The molecule has 2 N–H and O–H groups in total. The lowest BCUT2D eigenvalue weighted by atomic mass is 10.1. The fourth-order valence-electron chi connectivity index (χ4n) is 2.60. The van der Waals surface area contributed by atoms with E-state index in [2.05, 4.69) is 10.6 Å². The van der Waals surface area contributed by atoms with Gasteiger partial charge in [-0.15, -0.1) is 0 Å². The monoisotopic (exact) mass is 345 g/mol. The van der Waals surface area contributed by atoms with Gasteiger partial charge in [-0.1, -0.05) is 6.92 Å². The lowest BCUT2D eigenvalue weighted by Gasteiger charge is -2.29. The number of hydrogen-bond acceptors (Lipinski definition) is 4. The molecule has 1 aromatic carbocycles. The van der Waals surface area contributed by atoms with Crippen LogP contribution in [-0.4, -0.2) is 47.2 Å². The molecule has 25 heavy (non-hydrogen) atoms. The summed E-state index contributed by atoms with van der Waals surface area (Å²) in [7, 11) is 0. The van der Waals surface area contributed by atoms with Crippen molar-refractivity contribution in [1.82, 2.24) is 15.5 Å². The minimum absolute atomic E-state index is 0.0850. The van der Waals surface area contributed by atoms with Crippen LogP contribution >= 0.6 is 0 Å². The molecule has 134 valence electrons. The number of carbonyl (C=O) groups is 4. The fourth-order valence-corrected chi connectivity index (χ4v) is 2.60. The normalized spacial score (nSPS) is 13.7. The van der Waals surface area contributed by atoms with E-state index in [0.717, 1.165) is 0 Å². The fraction of sp³-hybridized carbons (Fsp3) is 0.444. The third kappa shape index (κ3) is 3.87. The van der Waals surface area contributed by atoms with E-state index in [1.165, 1.54) is 23.1 Å². The average Bonchev–Trinajstić information content (AvgIpc) is 2.81. The third-order valence-corrected chi connectivity index (χ3v) is 3.87. The molecule has 1 heterocycles. The Morgan fingerprint density at radius 3 is 2.20 bits per heavy atom. The number of nitrogens with zero attached hydrogens (tertiary/aromatic N) is 1. The predicted octanol–water partition coefficient (Wildman–Crippen LogP) is 1.34. The van der Waals surface area contributed by atoms with Crippen molar-refractivity contribution in [3.05, 3.63) is 34.9 Å². The van der Waals surface area contributed by atoms with Gasteiger partial charge in [-0.2, -0.15) is 0 Å². The van der Waals surface area contributed by atoms with Gasteiger partial charge in [0, 0.05) is 30.6 Å². The molecule has 1 aromatic rings. The summed E-state index contributed by atoms with van der Waals surface area (Å²) in [6, 6.07) is 4.48. The summed E-state index contributed by atoms with van der Waals surface area (Å²) in [5, 5.41) is 5.33. The van der Waals surface area contributed by atoms with Crippen molar-refractivity contribution >= 4 is 23.6 Å². The van der Waals surface area contributed by atoms with Crippen LogP contribution in [0.4, 0.5) is 0 Å². The van der Waals surface area contributed by atoms with E-state index < -0.39 is 11.4 Å². The predicted molar refractivity (Wildman–Crippen MR) is 92.3 cm³/mol. The van der Waals surface area contributed by atoms with Crippen molar-refractivity contribution in [2.45, 2.75) is 39.7 Å². The molecule has 0 bridgehead atoms. The molecule has 7 nitrogen and oxygen atoms in total. The first-order chi connectivity index (χ1) is 11.7. The van der Waals surface area contributed by atoms with Crippen LogP contribution in [0.25, 0.3) is 0 Å². The molecule has 0 aliphatic carbocycles. The zero-order valence-electron chi connectivity index (χ0n) is 14.9. The zero-order chi connectivity index (χ0) is 18.8. The summed E-state index contributed by atoms with van der Waals surface area (Å²) in [6.07, 6.45) is 0.388. The van der Waals surface area contributed by atoms with Gasteiger partial charge in [-0.05, 0) is 39.0 Å². The highest BCUT2D eigenvalue weighted by molar-refractivity contribution is 6.22. The first-order valence-corrected chi connectivity index (χ1v) is 8.24. The van der Waals surface area contributed by atoms with E-state index in [0.29, 0.717) is 24.1 Å². The largest absolute Gasteiger partial charge is 0.354 e. The molecule has 7 heteroatoms. The van der Waals surface area contributed by atoms with E-state index in [9.17, 15) is 19.2 Å². The van der Waals surface area contributed by atoms with Gasteiger partial charge < -0.3 is 10.6 Å². The van der Waals surface area contributed by atoms with Crippen LogP contribution in [0.2, 0.25) is 0 Å². The Bertz CT molecular complexity index is 734. The molecular formula is C18H23N3O4. The average molecular weight is 345 g/mol. The summed E-state index contributed by atoms with van der Waals surface area (Å²) >= 11 is 0. The molecule has 1 aliphatic rings. The molecule has 4 amide bonds. The minimum atomic E-state index is -0.632. The quantitative estimate of drug-likeness (QED) is 0.622. The maximum Gasteiger partial charge on any atom is 0.262 e. The highest BCUT2D eigenvalue weighted by Crippen LogP contribution is 2.29. The molecule has 0 atom stereocenters. The summed E-state index contributed by atoms with van der Waals surface area (Å²) in [4.78, 5) is 49.5. The molecule has 0 unspecified atom stereocenters. The van der Waals surface area contributed by atoms with E-state index in [4.69, 9.17) is 0 Å². The number of imide groups is 1. The molecule has 0 radical (unpaired) electrons. The van der Waals surface area contributed by atoms with Gasteiger partial charge in [-0.25, -0.2) is 0 Å². The van der Waals surface area contributed by atoms with E-state index in [-0.39, 0.29) is 29.8 Å². The number of fused-ring (bicyclic) bond motifs is 1. The zero-order valence-corrected chi connectivity index (χ0v) is 14.9. The Kier molecular flexibility index (Phi) is 5.25. The number of benzene rings is 1. The van der Waals surface area contributed by atoms with Crippen molar-refractivity contribution in [2.75, 3.05) is 13.1 Å². The van der Waals surface area contributed by atoms with Crippen molar-refractivity contribution in [2.24, 2.45) is 0 Å². The van der Waals surface area contributed by atoms with Crippen LogP contribution in [0.5, 0.6) is 0 Å². The van der Waals surface area contributed by atoms with Gasteiger partial charge in [0.2, 0.25) is 5.91 Å². The second-order valence-corrected chi connectivity index (χ2v) is 6.84. The summed E-state index contributed by atoms with van der Waals surface area (Å²) in [5.74, 6) is -1.18. The maximum absolute atomic E-state index is 12.5.